The molecule has 4 heterocycles. The van der Waals surface area contributed by atoms with E-state index in [2.05, 4.69) is 32.7 Å². The summed E-state index contributed by atoms with van der Waals surface area (Å²) in [6.07, 6.45) is 4.02. The van der Waals surface area contributed by atoms with Gasteiger partial charge in [0.15, 0.2) is 0 Å². The number of hydrogen-bond acceptors (Lipinski definition) is 8. The standard InChI is InChI=1S/C27H29N3O4S2/c1-34-25-6-5-20-17(3-7-26(32)33)2-4-21(27(20)29-25)22(31)16-30-11-8-18(9-12-30)28-15-19-14-24-23(36-19)10-13-35-24/h2-7,10,13-14,18,22,28,31H,8-9,11-12,15-16H2,1H3,(H,32,33)/b7-3+. The average molecular weight is 524 g/mol. The predicted molar refractivity (Wildman–Crippen MR) is 146 cm³/mol. The highest BCUT2D eigenvalue weighted by Gasteiger charge is 2.23. The number of aliphatic hydroxyl groups excluding tert-OH is 1. The van der Waals surface area contributed by atoms with Gasteiger partial charge < -0.3 is 25.2 Å². The zero-order valence-corrected chi connectivity index (χ0v) is 21.6. The number of fused-ring (bicyclic) bond motifs is 2. The fourth-order valence-corrected chi connectivity index (χ4v) is 6.83. The van der Waals surface area contributed by atoms with Crippen LogP contribution in [0.4, 0.5) is 0 Å². The van der Waals surface area contributed by atoms with Gasteiger partial charge in [0, 0.05) is 56.5 Å². The molecule has 7 nitrogen and oxygen atoms in total. The van der Waals surface area contributed by atoms with Crippen LogP contribution in [0.15, 0.2) is 47.9 Å². The molecule has 0 saturated carbocycles. The van der Waals surface area contributed by atoms with Gasteiger partial charge in [-0.05, 0) is 61.1 Å². The summed E-state index contributed by atoms with van der Waals surface area (Å²) in [5.74, 6) is -0.561. The molecule has 0 spiro atoms. The number of rotatable bonds is 9. The number of likely N-dealkylation sites (tertiary alicyclic amines) is 1. The molecule has 0 aliphatic carbocycles. The van der Waals surface area contributed by atoms with Crippen LogP contribution in [0.25, 0.3) is 26.4 Å². The summed E-state index contributed by atoms with van der Waals surface area (Å²) in [5, 5.41) is 26.8. The number of nitrogens with zero attached hydrogens (tertiary/aromatic N) is 2. The molecular weight excluding hydrogens is 494 g/mol. The Morgan fingerprint density at radius 3 is 2.83 bits per heavy atom. The van der Waals surface area contributed by atoms with E-state index in [0.717, 1.165) is 49.5 Å². The van der Waals surface area contributed by atoms with Crippen molar-refractivity contribution in [2.45, 2.75) is 31.5 Å². The number of aromatic nitrogens is 1. The van der Waals surface area contributed by atoms with E-state index in [1.807, 2.05) is 29.5 Å². The summed E-state index contributed by atoms with van der Waals surface area (Å²) < 4.78 is 8.04. The number of carboxylic acids is 1. The molecule has 188 valence electrons. The van der Waals surface area contributed by atoms with E-state index >= 15 is 0 Å². The summed E-state index contributed by atoms with van der Waals surface area (Å²) in [6.45, 7) is 3.26. The molecular formula is C27H29N3O4S2. The number of aliphatic carboxylic acids is 1. The van der Waals surface area contributed by atoms with Crippen molar-refractivity contribution in [3.8, 4) is 5.88 Å². The highest BCUT2D eigenvalue weighted by atomic mass is 32.1. The number of aliphatic hydroxyl groups is 1. The van der Waals surface area contributed by atoms with Crippen LogP contribution in [0.2, 0.25) is 0 Å². The second-order valence-electron chi connectivity index (χ2n) is 9.00. The number of carboxylic acid groups (broad SMARTS) is 1. The van der Waals surface area contributed by atoms with Crippen molar-refractivity contribution in [3.63, 3.8) is 0 Å². The lowest BCUT2D eigenvalue weighted by atomic mass is 9.98. The van der Waals surface area contributed by atoms with Crippen molar-refractivity contribution in [3.05, 3.63) is 63.9 Å². The Hall–Kier alpha value is -2.82. The van der Waals surface area contributed by atoms with Gasteiger partial charge in [0.1, 0.15) is 0 Å². The van der Waals surface area contributed by atoms with Crippen molar-refractivity contribution in [2.75, 3.05) is 26.7 Å². The van der Waals surface area contributed by atoms with Crippen molar-refractivity contribution >= 4 is 55.0 Å². The van der Waals surface area contributed by atoms with Crippen molar-refractivity contribution < 1.29 is 19.7 Å². The molecule has 1 aliphatic heterocycles. The molecule has 1 fully saturated rings. The average Bonchev–Trinajstić information content (AvgIpc) is 3.48. The zero-order valence-electron chi connectivity index (χ0n) is 20.0. The molecule has 0 amide bonds. The normalized spacial score (nSPS) is 16.3. The second-order valence-corrected chi connectivity index (χ2v) is 11.1. The first kappa shape index (κ1) is 24.9. The van der Waals surface area contributed by atoms with Crippen molar-refractivity contribution in [2.24, 2.45) is 0 Å². The van der Waals surface area contributed by atoms with Gasteiger partial charge in [0.05, 0.1) is 18.7 Å². The third kappa shape index (κ3) is 5.61. The van der Waals surface area contributed by atoms with E-state index in [9.17, 15) is 9.90 Å². The lowest BCUT2D eigenvalue weighted by molar-refractivity contribution is -0.131. The van der Waals surface area contributed by atoms with Crippen molar-refractivity contribution in [1.82, 2.24) is 15.2 Å². The summed E-state index contributed by atoms with van der Waals surface area (Å²) in [4.78, 5) is 19.3. The van der Waals surface area contributed by atoms with Gasteiger partial charge in [-0.1, -0.05) is 12.1 Å². The molecule has 36 heavy (non-hydrogen) atoms. The Morgan fingerprint density at radius 2 is 2.08 bits per heavy atom. The van der Waals surface area contributed by atoms with Gasteiger partial charge in [-0.25, -0.2) is 9.78 Å². The van der Waals surface area contributed by atoms with Crippen LogP contribution < -0.4 is 10.1 Å². The number of carbonyl (C=O) groups is 1. The van der Waals surface area contributed by atoms with E-state index in [1.54, 1.807) is 30.6 Å². The van der Waals surface area contributed by atoms with Crippen LogP contribution in [0, 0.1) is 0 Å². The summed E-state index contributed by atoms with van der Waals surface area (Å²) in [7, 11) is 1.55. The van der Waals surface area contributed by atoms with Crippen LogP contribution in [-0.2, 0) is 11.3 Å². The Kier molecular flexibility index (Phi) is 7.64. The largest absolute Gasteiger partial charge is 0.481 e. The third-order valence-electron chi connectivity index (χ3n) is 6.64. The molecule has 4 aromatic rings. The first-order valence-corrected chi connectivity index (χ1v) is 13.7. The molecule has 3 aromatic heterocycles. The van der Waals surface area contributed by atoms with Crippen LogP contribution in [-0.4, -0.2) is 58.9 Å². The molecule has 1 unspecified atom stereocenters. The fourth-order valence-electron chi connectivity index (χ4n) is 4.74. The first-order chi connectivity index (χ1) is 17.5. The first-order valence-electron chi connectivity index (χ1n) is 12.0. The van der Waals surface area contributed by atoms with Gasteiger partial charge in [-0.3, -0.25) is 0 Å². The molecule has 1 aliphatic rings. The van der Waals surface area contributed by atoms with Gasteiger partial charge in [-0.15, -0.1) is 22.7 Å². The van der Waals surface area contributed by atoms with Gasteiger partial charge in [0.2, 0.25) is 5.88 Å². The smallest absolute Gasteiger partial charge is 0.328 e. The molecule has 9 heteroatoms. The van der Waals surface area contributed by atoms with Crippen LogP contribution in [0.3, 0.4) is 0 Å². The minimum atomic E-state index is -1.01. The number of thiophene rings is 2. The maximum absolute atomic E-state index is 11.2. The van der Waals surface area contributed by atoms with Crippen LogP contribution in [0.5, 0.6) is 5.88 Å². The topological polar surface area (TPSA) is 94.9 Å². The quantitative estimate of drug-likeness (QED) is 0.269. The number of piperidine rings is 1. The lowest BCUT2D eigenvalue weighted by Crippen LogP contribution is -2.43. The van der Waals surface area contributed by atoms with Gasteiger partial charge in [-0.2, -0.15) is 0 Å². The van der Waals surface area contributed by atoms with Gasteiger partial charge in [0.25, 0.3) is 0 Å². The van der Waals surface area contributed by atoms with Crippen LogP contribution >= 0.6 is 22.7 Å². The number of hydrogen-bond donors (Lipinski definition) is 3. The predicted octanol–water partition coefficient (Wildman–Crippen LogP) is 4.91. The lowest BCUT2D eigenvalue weighted by Gasteiger charge is -2.33. The number of pyridine rings is 1. The molecule has 3 N–H and O–H groups in total. The van der Waals surface area contributed by atoms with E-state index in [4.69, 9.17) is 9.84 Å². The van der Waals surface area contributed by atoms with E-state index < -0.39 is 12.1 Å². The number of β-amino-alcohol motifs (C(OH)–C–C–N with tert-alkyl or cyclic N) is 1. The zero-order chi connectivity index (χ0) is 25.1. The maximum Gasteiger partial charge on any atom is 0.328 e. The fraction of sp³-hybridized carbons (Fsp3) is 0.333. The molecule has 1 saturated heterocycles. The summed E-state index contributed by atoms with van der Waals surface area (Å²) in [6, 6.07) is 12.2. The second kappa shape index (κ2) is 11.1. The Labute approximate surface area is 217 Å². The monoisotopic (exact) mass is 523 g/mol. The van der Waals surface area contributed by atoms with Crippen molar-refractivity contribution in [1.29, 1.82) is 0 Å². The molecule has 0 radical (unpaired) electrons. The Bertz CT molecular complexity index is 1360. The maximum atomic E-state index is 11.2. The van der Waals surface area contributed by atoms with Crippen LogP contribution in [0.1, 0.15) is 34.9 Å². The Morgan fingerprint density at radius 1 is 1.25 bits per heavy atom. The Balaban J connectivity index is 1.22. The number of methoxy groups -OCH3 is 1. The molecule has 0 bridgehead atoms. The van der Waals surface area contributed by atoms with E-state index in [0.29, 0.717) is 29.5 Å². The number of ether oxygens (including phenoxy) is 1. The van der Waals surface area contributed by atoms with E-state index in [1.165, 1.54) is 14.3 Å². The highest BCUT2D eigenvalue weighted by Crippen LogP contribution is 2.31. The number of nitrogens with one attached hydrogen (secondary N) is 1. The highest BCUT2D eigenvalue weighted by molar-refractivity contribution is 7.26. The third-order valence-corrected chi connectivity index (χ3v) is 8.74. The minimum absolute atomic E-state index is 0.452. The minimum Gasteiger partial charge on any atom is -0.481 e. The number of benzene rings is 1. The molecule has 1 atom stereocenters. The SMILES string of the molecule is COc1ccc2c(/C=C/C(=O)O)ccc(C(O)CN3CCC(NCc4cc5sccc5s4)CC3)c2n1. The van der Waals surface area contributed by atoms with E-state index in [-0.39, 0.29) is 0 Å². The summed E-state index contributed by atoms with van der Waals surface area (Å²) >= 11 is 3.66. The van der Waals surface area contributed by atoms with Gasteiger partial charge >= 0.3 is 5.97 Å². The summed E-state index contributed by atoms with van der Waals surface area (Å²) in [5.41, 5.74) is 2.08. The molecule has 1 aromatic carbocycles. The molecule has 5 rings (SSSR count).